The molecule has 0 aliphatic heterocycles. The Bertz CT molecular complexity index is 461. The maximum Gasteiger partial charge on any atom is 0.335 e. The molecule has 0 amide bonds. The van der Waals surface area contributed by atoms with E-state index in [1.807, 2.05) is 20.2 Å². The molecule has 4 nitrogen and oxygen atoms in total. The van der Waals surface area contributed by atoms with E-state index < -0.39 is 5.97 Å². The number of hydrogen-bond acceptors (Lipinski definition) is 3. The summed E-state index contributed by atoms with van der Waals surface area (Å²) < 4.78 is 0.797. The number of halogens is 1. The third-order valence-corrected chi connectivity index (χ3v) is 3.36. The molecule has 0 aromatic heterocycles. The molecular weight excluding hydrogens is 320 g/mol. The summed E-state index contributed by atoms with van der Waals surface area (Å²) >= 11 is 3.40. The monoisotopic (exact) mass is 342 g/mol. The lowest BCUT2D eigenvalue weighted by Gasteiger charge is -2.28. The molecule has 0 bridgehead atoms. The van der Waals surface area contributed by atoms with E-state index in [4.69, 9.17) is 5.11 Å². The van der Waals surface area contributed by atoms with Crippen molar-refractivity contribution < 1.29 is 9.90 Å². The van der Waals surface area contributed by atoms with Crippen LogP contribution in [0, 0.1) is 5.92 Å². The molecule has 0 aliphatic rings. The van der Waals surface area contributed by atoms with Crippen LogP contribution in [0.2, 0.25) is 0 Å². The van der Waals surface area contributed by atoms with Crippen LogP contribution in [0.25, 0.3) is 0 Å². The van der Waals surface area contributed by atoms with Crippen molar-refractivity contribution in [3.63, 3.8) is 0 Å². The number of hydrogen-bond donors (Lipinski definition) is 1. The summed E-state index contributed by atoms with van der Waals surface area (Å²) in [7, 11) is 4.08. The summed E-state index contributed by atoms with van der Waals surface area (Å²) in [6.45, 7) is 7.04. The van der Waals surface area contributed by atoms with Gasteiger partial charge < -0.3 is 14.9 Å². The first-order valence-electron chi connectivity index (χ1n) is 6.73. The van der Waals surface area contributed by atoms with Gasteiger partial charge in [0.1, 0.15) is 0 Å². The van der Waals surface area contributed by atoms with Crippen LogP contribution in [0.15, 0.2) is 22.7 Å². The predicted molar refractivity (Wildman–Crippen MR) is 86.7 cm³/mol. The highest BCUT2D eigenvalue weighted by Gasteiger charge is 2.13. The zero-order valence-electron chi connectivity index (χ0n) is 12.6. The van der Waals surface area contributed by atoms with Gasteiger partial charge in [-0.25, -0.2) is 4.79 Å². The second kappa shape index (κ2) is 7.64. The molecule has 0 spiro atoms. The Morgan fingerprint density at radius 2 is 1.90 bits per heavy atom. The highest BCUT2D eigenvalue weighted by atomic mass is 79.9. The highest BCUT2D eigenvalue weighted by Crippen LogP contribution is 2.24. The van der Waals surface area contributed by atoms with Gasteiger partial charge in [-0.15, -0.1) is 0 Å². The minimum Gasteiger partial charge on any atom is -0.478 e. The molecule has 1 aromatic carbocycles. The smallest absolute Gasteiger partial charge is 0.335 e. The van der Waals surface area contributed by atoms with Gasteiger partial charge in [0.15, 0.2) is 0 Å². The summed E-state index contributed by atoms with van der Waals surface area (Å²) in [5.74, 6) is -0.380. The van der Waals surface area contributed by atoms with Crippen LogP contribution in [0.4, 0.5) is 5.69 Å². The Balaban J connectivity index is 3.02. The van der Waals surface area contributed by atoms with Crippen molar-refractivity contribution in [2.75, 3.05) is 38.6 Å². The van der Waals surface area contributed by atoms with Gasteiger partial charge in [-0.2, -0.15) is 0 Å². The molecule has 0 unspecified atom stereocenters. The first kappa shape index (κ1) is 17.0. The maximum atomic E-state index is 11.2. The molecule has 20 heavy (non-hydrogen) atoms. The first-order valence-corrected chi connectivity index (χ1v) is 7.52. The SMILES string of the molecule is CC(C)CN(CCN(C)C)c1cc(Br)cc(C(=O)O)c1. The molecule has 0 saturated carbocycles. The van der Waals surface area contributed by atoms with Crippen molar-refractivity contribution in [3.8, 4) is 0 Å². The van der Waals surface area contributed by atoms with Crippen LogP contribution >= 0.6 is 15.9 Å². The highest BCUT2D eigenvalue weighted by molar-refractivity contribution is 9.10. The van der Waals surface area contributed by atoms with E-state index in [0.29, 0.717) is 11.5 Å². The van der Waals surface area contributed by atoms with Crippen molar-refractivity contribution in [1.29, 1.82) is 0 Å². The minimum absolute atomic E-state index is 0.313. The third kappa shape index (κ3) is 5.51. The largest absolute Gasteiger partial charge is 0.478 e. The molecule has 0 heterocycles. The van der Waals surface area contributed by atoms with Crippen LogP contribution in [0.1, 0.15) is 24.2 Å². The number of carbonyl (C=O) groups is 1. The lowest BCUT2D eigenvalue weighted by Crippen LogP contribution is -2.34. The lowest BCUT2D eigenvalue weighted by atomic mass is 10.1. The maximum absolute atomic E-state index is 11.2. The van der Waals surface area contributed by atoms with Crippen LogP contribution in [-0.4, -0.2) is 49.7 Å². The Kier molecular flexibility index (Phi) is 6.49. The topological polar surface area (TPSA) is 43.8 Å². The number of aromatic carboxylic acids is 1. The molecule has 0 aliphatic carbocycles. The summed E-state index contributed by atoms with van der Waals surface area (Å²) in [4.78, 5) is 15.5. The number of rotatable bonds is 7. The van der Waals surface area contributed by atoms with Crippen molar-refractivity contribution in [2.24, 2.45) is 5.92 Å². The van der Waals surface area contributed by atoms with E-state index in [0.717, 1.165) is 29.8 Å². The molecule has 0 fully saturated rings. The van der Waals surface area contributed by atoms with Crippen LogP contribution in [-0.2, 0) is 0 Å². The summed E-state index contributed by atoms with van der Waals surface area (Å²) in [5.41, 5.74) is 1.26. The average molecular weight is 343 g/mol. The Morgan fingerprint density at radius 1 is 1.25 bits per heavy atom. The zero-order valence-corrected chi connectivity index (χ0v) is 14.1. The van der Waals surface area contributed by atoms with Crippen LogP contribution in [0.3, 0.4) is 0 Å². The second-order valence-electron chi connectivity index (χ2n) is 5.65. The number of nitrogens with zero attached hydrogens (tertiary/aromatic N) is 2. The molecule has 1 aromatic rings. The van der Waals surface area contributed by atoms with E-state index >= 15 is 0 Å². The van der Waals surface area contributed by atoms with E-state index in [9.17, 15) is 4.79 Å². The molecule has 0 saturated heterocycles. The first-order chi connectivity index (χ1) is 9.29. The molecular formula is C15H23BrN2O2. The second-order valence-corrected chi connectivity index (χ2v) is 6.56. The average Bonchev–Trinajstić information content (AvgIpc) is 2.32. The van der Waals surface area contributed by atoms with Gasteiger partial charge in [-0.1, -0.05) is 29.8 Å². The Morgan fingerprint density at radius 3 is 2.40 bits per heavy atom. The summed E-state index contributed by atoms with van der Waals surface area (Å²) in [5, 5.41) is 9.17. The lowest BCUT2D eigenvalue weighted by molar-refractivity contribution is 0.0697. The van der Waals surface area contributed by atoms with Gasteiger partial charge in [-0.05, 0) is 38.2 Å². The number of benzene rings is 1. The molecule has 0 atom stereocenters. The summed E-state index contributed by atoms with van der Waals surface area (Å²) in [6.07, 6.45) is 0. The van der Waals surface area contributed by atoms with Crippen molar-refractivity contribution in [3.05, 3.63) is 28.2 Å². The number of likely N-dealkylation sites (N-methyl/N-ethyl adjacent to an activating group) is 1. The molecule has 5 heteroatoms. The van der Waals surface area contributed by atoms with Gasteiger partial charge >= 0.3 is 5.97 Å². The van der Waals surface area contributed by atoms with Crippen LogP contribution < -0.4 is 4.90 Å². The third-order valence-electron chi connectivity index (χ3n) is 2.90. The van der Waals surface area contributed by atoms with Gasteiger partial charge in [0.05, 0.1) is 5.56 Å². The van der Waals surface area contributed by atoms with E-state index in [2.05, 4.69) is 39.6 Å². The van der Waals surface area contributed by atoms with Crippen molar-refractivity contribution in [2.45, 2.75) is 13.8 Å². The predicted octanol–water partition coefficient (Wildman–Crippen LogP) is 3.17. The van der Waals surface area contributed by atoms with Gasteiger partial charge in [0.25, 0.3) is 0 Å². The van der Waals surface area contributed by atoms with Gasteiger partial charge in [-0.3, -0.25) is 0 Å². The molecule has 1 N–H and O–H groups in total. The van der Waals surface area contributed by atoms with E-state index in [1.165, 1.54) is 0 Å². The number of anilines is 1. The van der Waals surface area contributed by atoms with E-state index in [1.54, 1.807) is 12.1 Å². The van der Waals surface area contributed by atoms with Gasteiger partial charge in [0, 0.05) is 29.8 Å². The Hall–Kier alpha value is -1.07. The fraction of sp³-hybridized carbons (Fsp3) is 0.533. The molecule has 112 valence electrons. The normalized spacial score (nSPS) is 11.2. The minimum atomic E-state index is -0.898. The summed E-state index contributed by atoms with van der Waals surface area (Å²) in [6, 6.07) is 5.35. The van der Waals surface area contributed by atoms with Crippen LogP contribution in [0.5, 0.6) is 0 Å². The standard InChI is InChI=1S/C15H23BrN2O2/c1-11(2)10-18(6-5-17(3)4)14-8-12(15(19)20)7-13(16)9-14/h7-9,11H,5-6,10H2,1-4H3,(H,19,20). The van der Waals surface area contributed by atoms with E-state index in [-0.39, 0.29) is 0 Å². The van der Waals surface area contributed by atoms with Crippen molar-refractivity contribution >= 4 is 27.6 Å². The fourth-order valence-corrected chi connectivity index (χ4v) is 2.45. The van der Waals surface area contributed by atoms with Crippen molar-refractivity contribution in [1.82, 2.24) is 4.90 Å². The molecule has 0 radical (unpaired) electrons. The zero-order chi connectivity index (χ0) is 15.3. The Labute approximate surface area is 129 Å². The number of carboxylic acid groups (broad SMARTS) is 1. The molecule has 1 rings (SSSR count). The van der Waals surface area contributed by atoms with Gasteiger partial charge in [0.2, 0.25) is 0 Å². The number of carboxylic acids is 1. The quantitative estimate of drug-likeness (QED) is 0.826. The fourth-order valence-electron chi connectivity index (χ4n) is 1.97.